The summed E-state index contributed by atoms with van der Waals surface area (Å²) < 4.78 is 25.3. The summed E-state index contributed by atoms with van der Waals surface area (Å²) in [6, 6.07) is 0. The number of hydrogen-bond acceptors (Lipinski definition) is 8. The van der Waals surface area contributed by atoms with E-state index in [9.17, 15) is 24.2 Å². The van der Waals surface area contributed by atoms with Crippen molar-refractivity contribution in [2.24, 2.45) is 5.92 Å². The third kappa shape index (κ3) is 4.15. The van der Waals surface area contributed by atoms with Crippen molar-refractivity contribution in [3.8, 4) is 0 Å². The quantitative estimate of drug-likeness (QED) is 0.457. The Kier molecular flexibility index (Phi) is 6.55. The average molecular weight is 413 g/mol. The van der Waals surface area contributed by atoms with Crippen LogP contribution in [0.3, 0.4) is 0 Å². The van der Waals surface area contributed by atoms with Gasteiger partial charge in [-0.15, -0.1) is 0 Å². The molecule has 1 aromatic heterocycles. The predicted octanol–water partition coefficient (Wildman–Crippen LogP) is 0.662. The Hall–Kier alpha value is -2.04. The van der Waals surface area contributed by atoms with E-state index in [1.807, 2.05) is 0 Å². The highest BCUT2D eigenvalue weighted by Gasteiger charge is 2.61. The molecule has 9 nitrogen and oxygen atoms in total. The van der Waals surface area contributed by atoms with E-state index in [0.717, 1.165) is 19.3 Å². The number of anilines is 1. The molecule has 29 heavy (non-hydrogen) atoms. The highest BCUT2D eigenvalue weighted by Crippen LogP contribution is 2.36. The van der Waals surface area contributed by atoms with Crippen LogP contribution in [0.2, 0.25) is 0 Å². The summed E-state index contributed by atoms with van der Waals surface area (Å²) >= 11 is 0. The first kappa shape index (κ1) is 21.7. The first-order chi connectivity index (χ1) is 13.8. The SMILES string of the molecule is C[C@H]1O[C@@](C(=O)OCCCC2CCCCC2)(n2cc(F)c(N)nc2=O)[C@H](O)[C@@H]1O. The largest absolute Gasteiger partial charge is 0.462 e. The number of nitrogens with zero attached hydrogens (tertiary/aromatic N) is 2. The highest BCUT2D eigenvalue weighted by molar-refractivity contribution is 5.78. The van der Waals surface area contributed by atoms with E-state index in [2.05, 4.69) is 4.98 Å². The summed E-state index contributed by atoms with van der Waals surface area (Å²) in [5, 5.41) is 20.7. The Morgan fingerprint density at radius 2 is 2.10 bits per heavy atom. The molecule has 1 saturated carbocycles. The number of aromatic nitrogens is 2. The standard InChI is InChI=1S/C19H28FN3O6/c1-11-14(24)15(25)19(29-11,23-10-13(20)16(21)22-18(23)27)17(26)28-9-5-8-12-6-3-2-4-7-12/h10-12,14-15,24-25H,2-9H2,1H3,(H2,21,22,27)/t11-,14-,15-,19+/m1/s1. The molecule has 0 amide bonds. The number of carbonyl (C=O) groups excluding carboxylic acids is 1. The van der Waals surface area contributed by atoms with Gasteiger partial charge < -0.3 is 25.4 Å². The molecule has 1 aliphatic heterocycles. The van der Waals surface area contributed by atoms with Crippen molar-refractivity contribution in [2.75, 3.05) is 12.3 Å². The van der Waals surface area contributed by atoms with Gasteiger partial charge in [-0.3, -0.25) is 4.57 Å². The van der Waals surface area contributed by atoms with Crippen LogP contribution in [0.5, 0.6) is 0 Å². The summed E-state index contributed by atoms with van der Waals surface area (Å²) in [7, 11) is 0. The third-order valence-electron chi connectivity index (χ3n) is 5.85. The third-order valence-corrected chi connectivity index (χ3v) is 5.85. The predicted molar refractivity (Wildman–Crippen MR) is 100 cm³/mol. The normalized spacial score (nSPS) is 30.4. The van der Waals surface area contributed by atoms with E-state index in [4.69, 9.17) is 15.2 Å². The fourth-order valence-electron chi connectivity index (χ4n) is 4.18. The first-order valence-electron chi connectivity index (χ1n) is 10.0. The molecule has 1 aromatic rings. The topological polar surface area (TPSA) is 137 Å². The summed E-state index contributed by atoms with van der Waals surface area (Å²) in [6.07, 6.45) is 3.79. The number of hydrogen-bond donors (Lipinski definition) is 3. The van der Waals surface area contributed by atoms with Crippen LogP contribution in [0.25, 0.3) is 0 Å². The molecule has 3 rings (SSSR count). The van der Waals surface area contributed by atoms with Crippen LogP contribution >= 0.6 is 0 Å². The molecule has 2 aliphatic rings. The average Bonchev–Trinajstić information content (AvgIpc) is 2.93. The fourth-order valence-corrected chi connectivity index (χ4v) is 4.18. The molecule has 4 atom stereocenters. The van der Waals surface area contributed by atoms with Gasteiger partial charge in [0, 0.05) is 0 Å². The van der Waals surface area contributed by atoms with Crippen LogP contribution in [-0.4, -0.2) is 50.7 Å². The van der Waals surface area contributed by atoms with Gasteiger partial charge in [-0.2, -0.15) is 4.98 Å². The van der Waals surface area contributed by atoms with E-state index < -0.39 is 47.3 Å². The second kappa shape index (κ2) is 8.76. The zero-order valence-electron chi connectivity index (χ0n) is 16.4. The number of halogens is 1. The Morgan fingerprint density at radius 1 is 1.41 bits per heavy atom. The first-order valence-corrected chi connectivity index (χ1v) is 10.0. The number of carbonyl (C=O) groups is 1. The number of ether oxygens (including phenoxy) is 2. The number of rotatable bonds is 6. The van der Waals surface area contributed by atoms with E-state index in [1.54, 1.807) is 0 Å². The monoisotopic (exact) mass is 413 g/mol. The molecule has 1 aliphatic carbocycles. The van der Waals surface area contributed by atoms with Crippen molar-refractivity contribution >= 4 is 11.8 Å². The van der Waals surface area contributed by atoms with Crippen LogP contribution in [0.15, 0.2) is 11.0 Å². The van der Waals surface area contributed by atoms with Gasteiger partial charge in [0.1, 0.15) is 12.2 Å². The molecular formula is C19H28FN3O6. The fraction of sp³-hybridized carbons (Fsp3) is 0.737. The molecule has 2 heterocycles. The van der Waals surface area contributed by atoms with Gasteiger partial charge >= 0.3 is 11.7 Å². The van der Waals surface area contributed by atoms with Crippen LogP contribution in [0.4, 0.5) is 10.2 Å². The van der Waals surface area contributed by atoms with Crippen LogP contribution in [0, 0.1) is 11.7 Å². The highest BCUT2D eigenvalue weighted by atomic mass is 19.1. The summed E-state index contributed by atoms with van der Waals surface area (Å²) in [5.41, 5.74) is 1.75. The van der Waals surface area contributed by atoms with Gasteiger partial charge in [0.25, 0.3) is 5.72 Å². The summed E-state index contributed by atoms with van der Waals surface area (Å²) in [4.78, 5) is 28.5. The Morgan fingerprint density at radius 3 is 2.72 bits per heavy atom. The molecule has 162 valence electrons. The Balaban J connectivity index is 1.78. The second-order valence-electron chi connectivity index (χ2n) is 7.86. The lowest BCUT2D eigenvalue weighted by molar-refractivity contribution is -0.200. The minimum Gasteiger partial charge on any atom is -0.462 e. The van der Waals surface area contributed by atoms with Gasteiger partial charge in [-0.05, 0) is 25.7 Å². The maximum atomic E-state index is 14.0. The van der Waals surface area contributed by atoms with Crippen molar-refractivity contribution in [3.05, 3.63) is 22.5 Å². The zero-order valence-corrected chi connectivity index (χ0v) is 16.4. The lowest BCUT2D eigenvalue weighted by atomic mass is 9.86. The van der Waals surface area contributed by atoms with E-state index in [0.29, 0.717) is 23.1 Å². The number of aliphatic hydroxyl groups is 2. The van der Waals surface area contributed by atoms with E-state index in [-0.39, 0.29) is 6.61 Å². The van der Waals surface area contributed by atoms with Crippen molar-refractivity contribution in [3.63, 3.8) is 0 Å². The molecule has 0 aromatic carbocycles. The molecule has 4 N–H and O–H groups in total. The molecule has 0 bridgehead atoms. The maximum Gasteiger partial charge on any atom is 0.363 e. The zero-order chi connectivity index (χ0) is 21.2. The summed E-state index contributed by atoms with van der Waals surface area (Å²) in [5.74, 6) is -2.21. The van der Waals surface area contributed by atoms with Gasteiger partial charge in [0.05, 0.1) is 18.9 Å². The molecule has 10 heteroatoms. The van der Waals surface area contributed by atoms with Gasteiger partial charge in [-0.1, -0.05) is 32.1 Å². The van der Waals surface area contributed by atoms with E-state index >= 15 is 0 Å². The molecule has 0 spiro atoms. The molecule has 2 fully saturated rings. The van der Waals surface area contributed by atoms with Crippen molar-refractivity contribution in [1.29, 1.82) is 0 Å². The number of esters is 1. The molecule has 0 radical (unpaired) electrons. The molecule has 0 unspecified atom stereocenters. The van der Waals surface area contributed by atoms with Gasteiger partial charge in [0.2, 0.25) is 0 Å². The van der Waals surface area contributed by atoms with Crippen LogP contribution in [-0.2, 0) is 20.0 Å². The van der Waals surface area contributed by atoms with Gasteiger partial charge in [-0.25, -0.2) is 14.0 Å². The minimum absolute atomic E-state index is 0.0529. The van der Waals surface area contributed by atoms with Crippen molar-refractivity contribution in [1.82, 2.24) is 9.55 Å². The molecular weight excluding hydrogens is 385 g/mol. The minimum atomic E-state index is -2.44. The smallest absolute Gasteiger partial charge is 0.363 e. The number of nitrogens with two attached hydrogens (primary N) is 1. The second-order valence-corrected chi connectivity index (χ2v) is 7.86. The lowest BCUT2D eigenvalue weighted by Crippen LogP contribution is -2.56. The molecule has 1 saturated heterocycles. The van der Waals surface area contributed by atoms with E-state index in [1.165, 1.54) is 26.2 Å². The number of nitrogen functional groups attached to an aromatic ring is 1. The van der Waals surface area contributed by atoms with Crippen molar-refractivity contribution in [2.45, 2.75) is 75.9 Å². The summed E-state index contributed by atoms with van der Waals surface area (Å²) in [6.45, 7) is 1.47. The van der Waals surface area contributed by atoms with Crippen LogP contribution in [0.1, 0.15) is 51.9 Å². The number of aliphatic hydroxyl groups excluding tert-OH is 2. The van der Waals surface area contributed by atoms with Gasteiger partial charge in [0.15, 0.2) is 11.6 Å². The van der Waals surface area contributed by atoms with Crippen molar-refractivity contribution < 1.29 is 28.9 Å². The maximum absolute atomic E-state index is 14.0. The van der Waals surface area contributed by atoms with Crippen LogP contribution < -0.4 is 11.4 Å². The Bertz CT molecular complexity index is 797. The Labute approximate surface area is 167 Å². The lowest BCUT2D eigenvalue weighted by Gasteiger charge is -2.31.